The number of aryl methyl sites for hydroxylation is 1. The number of ether oxygens (including phenoxy) is 1. The van der Waals surface area contributed by atoms with Crippen molar-refractivity contribution >= 4 is 11.6 Å². The summed E-state index contributed by atoms with van der Waals surface area (Å²) in [6.45, 7) is 8.09. The van der Waals surface area contributed by atoms with E-state index in [9.17, 15) is 0 Å². The molecule has 1 aliphatic rings. The van der Waals surface area contributed by atoms with Gasteiger partial charge in [-0.2, -0.15) is 0 Å². The van der Waals surface area contributed by atoms with Crippen molar-refractivity contribution in [1.82, 2.24) is 5.32 Å². The summed E-state index contributed by atoms with van der Waals surface area (Å²) in [7, 11) is 0. The Morgan fingerprint density at radius 1 is 1.33 bits per heavy atom. The number of halogens is 1. The molecule has 1 saturated heterocycles. The minimum atomic E-state index is 0.382. The molecule has 1 aliphatic heterocycles. The van der Waals surface area contributed by atoms with E-state index in [4.69, 9.17) is 16.3 Å². The fourth-order valence-electron chi connectivity index (χ4n) is 2.30. The predicted octanol–water partition coefficient (Wildman–Crippen LogP) is 3.55. The van der Waals surface area contributed by atoms with Gasteiger partial charge in [0, 0.05) is 31.3 Å². The van der Waals surface area contributed by atoms with Crippen molar-refractivity contribution in [3.8, 4) is 0 Å². The van der Waals surface area contributed by atoms with Gasteiger partial charge in [-0.15, -0.1) is 0 Å². The quantitative estimate of drug-likeness (QED) is 0.901. The highest BCUT2D eigenvalue weighted by Gasteiger charge is 2.26. The number of hydrogen-bond donors (Lipinski definition) is 1. The molecule has 2 rings (SSSR count). The lowest BCUT2D eigenvalue weighted by Gasteiger charge is -2.33. The molecular weight excluding hydrogens is 246 g/mol. The van der Waals surface area contributed by atoms with Gasteiger partial charge in [0.25, 0.3) is 0 Å². The first-order valence-electron chi connectivity index (χ1n) is 6.63. The van der Waals surface area contributed by atoms with Crippen LogP contribution in [0.5, 0.6) is 0 Å². The fourth-order valence-corrected chi connectivity index (χ4v) is 2.50. The molecule has 0 aromatic heterocycles. The fraction of sp³-hybridized carbons (Fsp3) is 0.600. The third-order valence-corrected chi connectivity index (χ3v) is 4.22. The Morgan fingerprint density at radius 2 is 2.06 bits per heavy atom. The Morgan fingerprint density at radius 3 is 2.72 bits per heavy atom. The lowest BCUT2D eigenvalue weighted by Crippen LogP contribution is -2.36. The van der Waals surface area contributed by atoms with Crippen molar-refractivity contribution in [3.63, 3.8) is 0 Å². The Bertz CT molecular complexity index is 399. The SMILES string of the molecule is Cc1ccc(CNCC2(C)CCOCC2)cc1Cl. The van der Waals surface area contributed by atoms with Gasteiger partial charge in [-0.25, -0.2) is 0 Å². The third-order valence-electron chi connectivity index (χ3n) is 3.82. The van der Waals surface area contributed by atoms with Gasteiger partial charge in [-0.1, -0.05) is 30.7 Å². The van der Waals surface area contributed by atoms with E-state index in [0.29, 0.717) is 5.41 Å². The molecule has 0 bridgehead atoms. The van der Waals surface area contributed by atoms with Crippen LogP contribution in [0.3, 0.4) is 0 Å². The van der Waals surface area contributed by atoms with Crippen molar-refractivity contribution in [3.05, 3.63) is 34.3 Å². The average Bonchev–Trinajstić information content (AvgIpc) is 2.34. The van der Waals surface area contributed by atoms with Crippen LogP contribution in [0.15, 0.2) is 18.2 Å². The van der Waals surface area contributed by atoms with Crippen LogP contribution in [0, 0.1) is 12.3 Å². The number of rotatable bonds is 4. The summed E-state index contributed by atoms with van der Waals surface area (Å²) in [5, 5.41) is 4.40. The van der Waals surface area contributed by atoms with Gasteiger partial charge in [0.05, 0.1) is 0 Å². The minimum absolute atomic E-state index is 0.382. The van der Waals surface area contributed by atoms with Gasteiger partial charge in [-0.05, 0) is 42.4 Å². The Kier molecular flexibility index (Phi) is 4.66. The van der Waals surface area contributed by atoms with Gasteiger partial charge in [0.1, 0.15) is 0 Å². The summed E-state index contributed by atoms with van der Waals surface area (Å²) >= 11 is 6.12. The molecule has 0 atom stereocenters. The molecule has 3 heteroatoms. The lowest BCUT2D eigenvalue weighted by atomic mass is 9.82. The molecule has 1 aromatic rings. The normalized spacial score (nSPS) is 18.8. The molecule has 1 aromatic carbocycles. The van der Waals surface area contributed by atoms with Crippen LogP contribution in [0.4, 0.5) is 0 Å². The second-order valence-corrected chi connectivity index (χ2v) is 6.02. The molecule has 1 heterocycles. The van der Waals surface area contributed by atoms with E-state index in [-0.39, 0.29) is 0 Å². The summed E-state index contributed by atoms with van der Waals surface area (Å²) in [5.74, 6) is 0. The van der Waals surface area contributed by atoms with E-state index in [1.807, 2.05) is 6.92 Å². The molecule has 0 radical (unpaired) electrons. The van der Waals surface area contributed by atoms with E-state index in [2.05, 4.69) is 30.4 Å². The molecule has 2 nitrogen and oxygen atoms in total. The van der Waals surface area contributed by atoms with Gasteiger partial charge in [-0.3, -0.25) is 0 Å². The van der Waals surface area contributed by atoms with Crippen molar-refractivity contribution in [2.45, 2.75) is 33.2 Å². The first-order chi connectivity index (χ1) is 8.59. The van der Waals surface area contributed by atoms with Crippen LogP contribution < -0.4 is 5.32 Å². The monoisotopic (exact) mass is 267 g/mol. The molecule has 100 valence electrons. The van der Waals surface area contributed by atoms with Crippen LogP contribution in [0.25, 0.3) is 0 Å². The Balaban J connectivity index is 1.82. The molecular formula is C15H22ClNO. The molecule has 1 N–H and O–H groups in total. The summed E-state index contributed by atoms with van der Waals surface area (Å²) < 4.78 is 5.41. The van der Waals surface area contributed by atoms with Gasteiger partial charge in [0.15, 0.2) is 0 Å². The predicted molar refractivity (Wildman–Crippen MR) is 76.1 cm³/mol. The van der Waals surface area contributed by atoms with Crippen LogP contribution in [-0.2, 0) is 11.3 Å². The van der Waals surface area contributed by atoms with Gasteiger partial charge in [0.2, 0.25) is 0 Å². The average molecular weight is 268 g/mol. The number of nitrogens with one attached hydrogen (secondary N) is 1. The molecule has 0 spiro atoms. The maximum absolute atomic E-state index is 6.12. The van der Waals surface area contributed by atoms with Crippen LogP contribution in [-0.4, -0.2) is 19.8 Å². The van der Waals surface area contributed by atoms with Crippen LogP contribution in [0.2, 0.25) is 5.02 Å². The number of benzene rings is 1. The Hall–Kier alpha value is -0.570. The Labute approximate surface area is 115 Å². The highest BCUT2D eigenvalue weighted by molar-refractivity contribution is 6.31. The minimum Gasteiger partial charge on any atom is -0.381 e. The standard InChI is InChI=1S/C15H22ClNO/c1-12-3-4-13(9-14(12)16)10-17-11-15(2)5-7-18-8-6-15/h3-4,9,17H,5-8,10-11H2,1-2H3. The smallest absolute Gasteiger partial charge is 0.0471 e. The van der Waals surface area contributed by atoms with E-state index < -0.39 is 0 Å². The van der Waals surface area contributed by atoms with Crippen molar-refractivity contribution in [2.24, 2.45) is 5.41 Å². The van der Waals surface area contributed by atoms with Crippen molar-refractivity contribution in [2.75, 3.05) is 19.8 Å². The van der Waals surface area contributed by atoms with Crippen LogP contribution >= 0.6 is 11.6 Å². The highest BCUT2D eigenvalue weighted by atomic mass is 35.5. The maximum Gasteiger partial charge on any atom is 0.0471 e. The summed E-state index contributed by atoms with van der Waals surface area (Å²) in [4.78, 5) is 0. The summed E-state index contributed by atoms with van der Waals surface area (Å²) in [6.07, 6.45) is 2.29. The van der Waals surface area contributed by atoms with Gasteiger partial charge >= 0.3 is 0 Å². The van der Waals surface area contributed by atoms with Crippen molar-refractivity contribution in [1.29, 1.82) is 0 Å². The van der Waals surface area contributed by atoms with E-state index in [0.717, 1.165) is 49.7 Å². The summed E-state index contributed by atoms with van der Waals surface area (Å²) in [5.41, 5.74) is 2.77. The van der Waals surface area contributed by atoms with E-state index in [1.165, 1.54) is 5.56 Å². The second kappa shape index (κ2) is 6.05. The zero-order valence-electron chi connectivity index (χ0n) is 11.3. The lowest BCUT2D eigenvalue weighted by molar-refractivity contribution is 0.0240. The topological polar surface area (TPSA) is 21.3 Å². The van der Waals surface area contributed by atoms with E-state index >= 15 is 0 Å². The number of hydrogen-bond acceptors (Lipinski definition) is 2. The van der Waals surface area contributed by atoms with Crippen LogP contribution in [0.1, 0.15) is 30.9 Å². The first kappa shape index (κ1) is 13.9. The third kappa shape index (κ3) is 3.71. The molecule has 18 heavy (non-hydrogen) atoms. The zero-order chi connectivity index (χ0) is 13.0. The van der Waals surface area contributed by atoms with E-state index in [1.54, 1.807) is 0 Å². The zero-order valence-corrected chi connectivity index (χ0v) is 12.0. The summed E-state index contributed by atoms with van der Waals surface area (Å²) in [6, 6.07) is 6.27. The molecule has 0 amide bonds. The largest absolute Gasteiger partial charge is 0.381 e. The molecule has 0 unspecified atom stereocenters. The van der Waals surface area contributed by atoms with Gasteiger partial charge < -0.3 is 10.1 Å². The maximum atomic E-state index is 6.12. The molecule has 0 aliphatic carbocycles. The van der Waals surface area contributed by atoms with Crippen molar-refractivity contribution < 1.29 is 4.74 Å². The first-order valence-corrected chi connectivity index (χ1v) is 7.00. The highest BCUT2D eigenvalue weighted by Crippen LogP contribution is 2.28. The molecule has 0 saturated carbocycles. The second-order valence-electron chi connectivity index (χ2n) is 5.61. The molecule has 1 fully saturated rings.